The summed E-state index contributed by atoms with van der Waals surface area (Å²) < 4.78 is 14.7. The maximum absolute atomic E-state index is 14.0. The molecule has 0 unspecified atom stereocenters. The third-order valence-corrected chi connectivity index (χ3v) is 5.34. The van der Waals surface area contributed by atoms with Gasteiger partial charge in [0.25, 0.3) is 0 Å². The molecule has 0 aromatic heterocycles. The molecule has 0 amide bonds. The number of Topliss-reactive ketones (excluding diaryl/α,β-unsaturated/α-hetero) is 1. The van der Waals surface area contributed by atoms with E-state index in [0.29, 0.717) is 16.0 Å². The number of carbonyl (C=O) groups excluding carboxylic acids is 1. The molecule has 1 aliphatic carbocycles. The maximum Gasteiger partial charge on any atom is 0.157 e. The van der Waals surface area contributed by atoms with Crippen LogP contribution in [0.1, 0.15) is 38.2 Å². The highest BCUT2D eigenvalue weighted by Crippen LogP contribution is 2.36. The van der Waals surface area contributed by atoms with Gasteiger partial charge in [-0.1, -0.05) is 28.9 Å². The van der Waals surface area contributed by atoms with Crippen LogP contribution in [0, 0.1) is 11.7 Å². The highest BCUT2D eigenvalue weighted by atomic mass is 79.9. The Morgan fingerprint density at radius 2 is 2.00 bits per heavy atom. The lowest BCUT2D eigenvalue weighted by Crippen LogP contribution is -2.53. The predicted molar refractivity (Wildman–Crippen MR) is 86.9 cm³/mol. The van der Waals surface area contributed by atoms with Crippen molar-refractivity contribution in [3.05, 3.63) is 34.1 Å². The molecule has 21 heavy (non-hydrogen) atoms. The van der Waals surface area contributed by atoms with Crippen LogP contribution in [-0.2, 0) is 11.2 Å². The number of rotatable bonds is 4. The van der Waals surface area contributed by atoms with E-state index in [1.54, 1.807) is 12.1 Å². The summed E-state index contributed by atoms with van der Waals surface area (Å²) in [6, 6.07) is 4.91. The highest BCUT2D eigenvalue weighted by molar-refractivity contribution is 9.10. The zero-order valence-electron chi connectivity index (χ0n) is 13.0. The van der Waals surface area contributed by atoms with Gasteiger partial charge in [-0.05, 0) is 63.4 Å². The van der Waals surface area contributed by atoms with Gasteiger partial charge in [-0.25, -0.2) is 4.39 Å². The second-order valence-corrected chi connectivity index (χ2v) is 7.36. The number of carbonyl (C=O) groups is 1. The molecular weight excluding hydrogens is 333 g/mol. The van der Waals surface area contributed by atoms with Gasteiger partial charge in [-0.2, -0.15) is 0 Å². The summed E-state index contributed by atoms with van der Waals surface area (Å²) in [5.41, 5.74) is 0.0644. The molecule has 0 aliphatic heterocycles. The number of hydrogen-bond donors (Lipinski definition) is 0. The van der Waals surface area contributed by atoms with Gasteiger partial charge in [-0.3, -0.25) is 9.69 Å². The molecule has 0 atom stereocenters. The maximum atomic E-state index is 14.0. The summed E-state index contributed by atoms with van der Waals surface area (Å²) in [6.07, 6.45) is 4.04. The Kier molecular flexibility index (Phi) is 5.20. The van der Waals surface area contributed by atoms with Crippen LogP contribution in [0.25, 0.3) is 0 Å². The van der Waals surface area contributed by atoms with Gasteiger partial charge in [0.2, 0.25) is 0 Å². The monoisotopic (exact) mass is 355 g/mol. The summed E-state index contributed by atoms with van der Waals surface area (Å²) >= 11 is 3.25. The van der Waals surface area contributed by atoms with Crippen molar-refractivity contribution in [2.75, 3.05) is 14.1 Å². The van der Waals surface area contributed by atoms with Crippen LogP contribution in [-0.4, -0.2) is 30.3 Å². The second-order valence-electron chi connectivity index (χ2n) is 6.44. The van der Waals surface area contributed by atoms with Crippen molar-refractivity contribution in [1.82, 2.24) is 4.90 Å². The molecule has 0 bridgehead atoms. The van der Waals surface area contributed by atoms with Crippen molar-refractivity contribution < 1.29 is 9.18 Å². The number of likely N-dealkylation sites (N-methyl/N-ethyl adjacent to an activating group) is 1. The summed E-state index contributed by atoms with van der Waals surface area (Å²) in [5.74, 6) is 0.506. The number of nitrogens with zero attached hydrogens (tertiary/aromatic N) is 1. The number of halogens is 2. The van der Waals surface area contributed by atoms with Gasteiger partial charge in [0.15, 0.2) is 5.78 Å². The molecule has 1 aromatic carbocycles. The Morgan fingerprint density at radius 1 is 1.38 bits per heavy atom. The average molecular weight is 356 g/mol. The summed E-state index contributed by atoms with van der Waals surface area (Å²) in [6.45, 7) is 2.23. The number of hydrogen-bond acceptors (Lipinski definition) is 2. The molecule has 2 nitrogen and oxygen atoms in total. The van der Waals surface area contributed by atoms with Gasteiger partial charge in [-0.15, -0.1) is 0 Å². The third-order valence-electron chi connectivity index (χ3n) is 4.84. The Labute approximate surface area is 134 Å². The number of benzene rings is 1. The standard InChI is InChI=1S/C17H23BrFNO/c1-12-6-8-17(9-7-12,20(2)3)16(21)10-13-4-5-14(18)11-15(13)19/h4-5,11-12H,6-10H2,1-3H3. The molecule has 0 saturated heterocycles. The Bertz CT molecular complexity index is 522. The van der Waals surface area contributed by atoms with Crippen molar-refractivity contribution in [2.45, 2.75) is 44.6 Å². The first-order valence-corrected chi connectivity index (χ1v) is 8.29. The third kappa shape index (κ3) is 3.54. The molecule has 1 saturated carbocycles. The largest absolute Gasteiger partial charge is 0.297 e. The second kappa shape index (κ2) is 6.57. The lowest BCUT2D eigenvalue weighted by atomic mass is 9.72. The Balaban J connectivity index is 2.20. The van der Waals surface area contributed by atoms with E-state index >= 15 is 0 Å². The van der Waals surface area contributed by atoms with E-state index in [1.165, 1.54) is 6.07 Å². The minimum atomic E-state index is -0.425. The van der Waals surface area contributed by atoms with E-state index < -0.39 is 5.54 Å². The van der Waals surface area contributed by atoms with Crippen LogP contribution < -0.4 is 0 Å². The van der Waals surface area contributed by atoms with E-state index in [9.17, 15) is 9.18 Å². The van der Waals surface area contributed by atoms with Crippen molar-refractivity contribution in [3.8, 4) is 0 Å². The van der Waals surface area contributed by atoms with Crippen LogP contribution in [0.3, 0.4) is 0 Å². The SMILES string of the molecule is CC1CCC(C(=O)Cc2ccc(Br)cc2F)(N(C)C)CC1. The fourth-order valence-electron chi connectivity index (χ4n) is 3.22. The molecule has 4 heteroatoms. The minimum Gasteiger partial charge on any atom is -0.297 e. The normalized spacial score (nSPS) is 26.1. The van der Waals surface area contributed by atoms with Crippen molar-refractivity contribution in [3.63, 3.8) is 0 Å². The first-order valence-electron chi connectivity index (χ1n) is 7.50. The lowest BCUT2D eigenvalue weighted by Gasteiger charge is -2.43. The molecule has 0 N–H and O–H groups in total. The van der Waals surface area contributed by atoms with Crippen LogP contribution in [0.2, 0.25) is 0 Å². The van der Waals surface area contributed by atoms with E-state index in [0.717, 1.165) is 25.7 Å². The van der Waals surface area contributed by atoms with Crippen molar-refractivity contribution in [2.24, 2.45) is 5.92 Å². The molecule has 1 fully saturated rings. The summed E-state index contributed by atoms with van der Waals surface area (Å²) in [7, 11) is 3.93. The minimum absolute atomic E-state index is 0.139. The fraction of sp³-hybridized carbons (Fsp3) is 0.588. The molecule has 0 heterocycles. The van der Waals surface area contributed by atoms with Crippen LogP contribution in [0.15, 0.2) is 22.7 Å². The first kappa shape index (κ1) is 16.6. The Hall–Kier alpha value is -0.740. The van der Waals surface area contributed by atoms with E-state index in [4.69, 9.17) is 0 Å². The molecular formula is C17H23BrFNO. The van der Waals surface area contributed by atoms with E-state index in [-0.39, 0.29) is 18.0 Å². The van der Waals surface area contributed by atoms with Gasteiger partial charge < -0.3 is 0 Å². The number of ketones is 1. The van der Waals surface area contributed by atoms with Crippen LogP contribution in [0.5, 0.6) is 0 Å². The highest BCUT2D eigenvalue weighted by Gasteiger charge is 2.42. The molecule has 1 aromatic rings. The van der Waals surface area contributed by atoms with Gasteiger partial charge in [0, 0.05) is 10.9 Å². The first-order chi connectivity index (χ1) is 9.85. The summed E-state index contributed by atoms with van der Waals surface area (Å²) in [5, 5.41) is 0. The van der Waals surface area contributed by atoms with Crippen molar-refractivity contribution in [1.29, 1.82) is 0 Å². The molecule has 0 spiro atoms. The molecule has 0 radical (unpaired) electrons. The Morgan fingerprint density at radius 3 is 2.52 bits per heavy atom. The van der Waals surface area contributed by atoms with Crippen LogP contribution in [0.4, 0.5) is 4.39 Å². The molecule has 116 valence electrons. The fourth-order valence-corrected chi connectivity index (χ4v) is 3.55. The topological polar surface area (TPSA) is 20.3 Å². The quantitative estimate of drug-likeness (QED) is 0.806. The van der Waals surface area contributed by atoms with Gasteiger partial charge in [0.1, 0.15) is 5.82 Å². The van der Waals surface area contributed by atoms with Gasteiger partial charge in [0.05, 0.1) is 5.54 Å². The summed E-state index contributed by atoms with van der Waals surface area (Å²) in [4.78, 5) is 14.9. The van der Waals surface area contributed by atoms with E-state index in [1.807, 2.05) is 19.0 Å². The zero-order chi connectivity index (χ0) is 15.6. The smallest absolute Gasteiger partial charge is 0.157 e. The average Bonchev–Trinajstić information content (AvgIpc) is 2.42. The van der Waals surface area contributed by atoms with E-state index in [2.05, 4.69) is 22.9 Å². The van der Waals surface area contributed by atoms with Crippen molar-refractivity contribution >= 4 is 21.7 Å². The van der Waals surface area contributed by atoms with Gasteiger partial charge >= 0.3 is 0 Å². The molecule has 1 aliphatic rings. The lowest BCUT2D eigenvalue weighted by molar-refractivity contribution is -0.131. The predicted octanol–water partition coefficient (Wildman–Crippen LogP) is 4.21. The zero-order valence-corrected chi connectivity index (χ0v) is 14.5. The molecule has 2 rings (SSSR count). The van der Waals surface area contributed by atoms with Crippen LogP contribution >= 0.6 is 15.9 Å².